The minimum absolute atomic E-state index is 0.103. The fourth-order valence-electron chi connectivity index (χ4n) is 6.43. The molecule has 1 N–H and O–H groups in total. The summed E-state index contributed by atoms with van der Waals surface area (Å²) in [6.45, 7) is 2.23. The van der Waals surface area contributed by atoms with E-state index in [0.717, 1.165) is 44.9 Å². The van der Waals surface area contributed by atoms with E-state index in [2.05, 4.69) is 12.8 Å². The first-order chi connectivity index (χ1) is 10.5. The van der Waals surface area contributed by atoms with E-state index < -0.39 is 5.60 Å². The number of ketones is 1. The zero-order valence-corrected chi connectivity index (χ0v) is 13.5. The molecule has 0 aromatic heterocycles. The van der Waals surface area contributed by atoms with Crippen molar-refractivity contribution in [2.45, 2.75) is 63.9 Å². The van der Waals surface area contributed by atoms with Crippen molar-refractivity contribution in [3.8, 4) is 12.3 Å². The van der Waals surface area contributed by atoms with Crippen molar-refractivity contribution in [1.29, 1.82) is 0 Å². The summed E-state index contributed by atoms with van der Waals surface area (Å²) in [6, 6.07) is 0. The molecule has 0 saturated heterocycles. The third-order valence-corrected chi connectivity index (χ3v) is 7.69. The van der Waals surface area contributed by atoms with Gasteiger partial charge in [-0.2, -0.15) is 0 Å². The second-order valence-electron chi connectivity index (χ2n) is 8.30. The molecule has 3 saturated carbocycles. The lowest BCUT2D eigenvalue weighted by Crippen LogP contribution is -2.52. The van der Waals surface area contributed by atoms with Crippen LogP contribution >= 0.6 is 0 Å². The summed E-state index contributed by atoms with van der Waals surface area (Å²) in [6.07, 6.45) is 15.7. The molecule has 0 radical (unpaired) electrons. The van der Waals surface area contributed by atoms with Crippen molar-refractivity contribution in [3.05, 3.63) is 11.6 Å². The summed E-state index contributed by atoms with van der Waals surface area (Å²) in [4.78, 5) is 11.7. The summed E-state index contributed by atoms with van der Waals surface area (Å²) in [5.41, 5.74) is 0.418. The maximum atomic E-state index is 11.7. The molecular weight excluding hydrogens is 272 g/mol. The highest BCUT2D eigenvalue weighted by molar-refractivity contribution is 5.91. The number of aliphatic hydroxyl groups is 1. The second kappa shape index (κ2) is 4.71. The number of carbonyl (C=O) groups excluding carboxylic acids is 1. The predicted octanol–water partition coefficient (Wildman–Crippen LogP) is 3.49. The van der Waals surface area contributed by atoms with Crippen molar-refractivity contribution in [2.24, 2.45) is 29.1 Å². The number of terminal acetylenes is 1. The highest BCUT2D eigenvalue weighted by Gasteiger charge is 2.61. The Hall–Kier alpha value is -1.07. The molecule has 0 spiro atoms. The van der Waals surface area contributed by atoms with Crippen molar-refractivity contribution in [3.63, 3.8) is 0 Å². The van der Waals surface area contributed by atoms with Gasteiger partial charge in [-0.15, -0.1) is 6.42 Å². The van der Waals surface area contributed by atoms with Crippen LogP contribution < -0.4 is 0 Å². The molecule has 6 atom stereocenters. The number of hydrogen-bond acceptors (Lipinski definition) is 2. The lowest BCUT2D eigenvalue weighted by atomic mass is 9.50. The highest BCUT2D eigenvalue weighted by Crippen LogP contribution is 2.64. The molecule has 4 rings (SSSR count). The van der Waals surface area contributed by atoms with E-state index in [1.807, 2.05) is 6.08 Å². The van der Waals surface area contributed by atoms with Gasteiger partial charge in [0.2, 0.25) is 0 Å². The van der Waals surface area contributed by atoms with Crippen molar-refractivity contribution < 1.29 is 9.90 Å². The van der Waals surface area contributed by atoms with Crippen LogP contribution in [0.25, 0.3) is 0 Å². The molecule has 0 aromatic carbocycles. The number of allylic oxidation sites excluding steroid dienone is 1. The summed E-state index contributed by atoms with van der Waals surface area (Å²) >= 11 is 0. The van der Waals surface area contributed by atoms with Gasteiger partial charge in [0.05, 0.1) is 0 Å². The van der Waals surface area contributed by atoms with Gasteiger partial charge in [0, 0.05) is 11.8 Å². The van der Waals surface area contributed by atoms with Crippen LogP contribution in [0.2, 0.25) is 0 Å². The van der Waals surface area contributed by atoms with E-state index in [1.165, 1.54) is 12.0 Å². The van der Waals surface area contributed by atoms with E-state index in [0.29, 0.717) is 29.5 Å². The summed E-state index contributed by atoms with van der Waals surface area (Å²) in [7, 11) is 0. The van der Waals surface area contributed by atoms with Gasteiger partial charge in [-0.3, -0.25) is 4.79 Å². The Morgan fingerprint density at radius 3 is 2.77 bits per heavy atom. The first-order valence-corrected chi connectivity index (χ1v) is 8.92. The molecule has 4 aliphatic rings. The first-order valence-electron chi connectivity index (χ1n) is 8.92. The standard InChI is InChI=1S/C20H26O2/c1-3-20(22)11-9-18-17-6-4-13-12-14(21)5-7-15(13)16(17)8-10-19(18,20)2/h1,12,15-18,22H,4-11H2,2H3/t15?,16?,17?,18?,19?,20-/m0/s1. The largest absolute Gasteiger partial charge is 0.377 e. The third kappa shape index (κ3) is 1.75. The molecule has 118 valence electrons. The lowest BCUT2D eigenvalue weighted by Gasteiger charge is -2.54. The van der Waals surface area contributed by atoms with Gasteiger partial charge in [-0.05, 0) is 74.7 Å². The minimum Gasteiger partial charge on any atom is -0.377 e. The average molecular weight is 298 g/mol. The van der Waals surface area contributed by atoms with Gasteiger partial charge in [0.15, 0.2) is 5.78 Å². The Morgan fingerprint density at radius 1 is 1.18 bits per heavy atom. The highest BCUT2D eigenvalue weighted by atomic mass is 16.3. The molecule has 3 fully saturated rings. The van der Waals surface area contributed by atoms with Crippen LogP contribution in [0.1, 0.15) is 58.3 Å². The van der Waals surface area contributed by atoms with Crippen molar-refractivity contribution in [1.82, 2.24) is 0 Å². The molecule has 5 unspecified atom stereocenters. The van der Waals surface area contributed by atoms with Crippen molar-refractivity contribution >= 4 is 5.78 Å². The van der Waals surface area contributed by atoms with Gasteiger partial charge in [0.1, 0.15) is 5.60 Å². The third-order valence-electron chi connectivity index (χ3n) is 7.69. The normalized spacial score (nSPS) is 50.4. The van der Waals surface area contributed by atoms with Crippen LogP contribution in [0.4, 0.5) is 0 Å². The van der Waals surface area contributed by atoms with E-state index in [1.54, 1.807) is 0 Å². The average Bonchev–Trinajstić information content (AvgIpc) is 2.79. The Labute approximate surface area is 133 Å². The van der Waals surface area contributed by atoms with Crippen LogP contribution in [0.5, 0.6) is 0 Å². The van der Waals surface area contributed by atoms with Gasteiger partial charge in [0.25, 0.3) is 0 Å². The van der Waals surface area contributed by atoms with Crippen LogP contribution in [0.3, 0.4) is 0 Å². The maximum Gasteiger partial charge on any atom is 0.155 e. The molecule has 0 amide bonds. The Morgan fingerprint density at radius 2 is 2.00 bits per heavy atom. The molecular formula is C20H26O2. The molecule has 0 heterocycles. The van der Waals surface area contributed by atoms with E-state index in [4.69, 9.17) is 6.42 Å². The molecule has 4 aliphatic carbocycles. The molecule has 0 aromatic rings. The molecule has 2 nitrogen and oxygen atoms in total. The van der Waals surface area contributed by atoms with E-state index in [9.17, 15) is 9.90 Å². The summed E-state index contributed by atoms with van der Waals surface area (Å²) in [5.74, 6) is 5.66. The summed E-state index contributed by atoms with van der Waals surface area (Å²) in [5, 5.41) is 10.9. The zero-order valence-electron chi connectivity index (χ0n) is 13.5. The second-order valence-corrected chi connectivity index (χ2v) is 8.30. The number of carbonyl (C=O) groups is 1. The fourth-order valence-corrected chi connectivity index (χ4v) is 6.43. The number of rotatable bonds is 0. The number of hydrogen-bond donors (Lipinski definition) is 1. The van der Waals surface area contributed by atoms with Crippen molar-refractivity contribution in [2.75, 3.05) is 0 Å². The Balaban J connectivity index is 1.65. The summed E-state index contributed by atoms with van der Waals surface area (Å²) < 4.78 is 0. The Bertz CT molecular complexity index is 583. The quantitative estimate of drug-likeness (QED) is 0.695. The zero-order chi connectivity index (χ0) is 15.5. The van der Waals surface area contributed by atoms with Gasteiger partial charge < -0.3 is 5.11 Å². The lowest BCUT2D eigenvalue weighted by molar-refractivity contribution is -0.116. The van der Waals surface area contributed by atoms with Crippen LogP contribution in [-0.4, -0.2) is 16.5 Å². The van der Waals surface area contributed by atoms with E-state index >= 15 is 0 Å². The molecule has 0 aliphatic heterocycles. The SMILES string of the molecule is C#C[C@]1(O)CCC2C3CCC4=CC(=O)CCC4C3CCC21C. The molecule has 2 heteroatoms. The van der Waals surface area contributed by atoms with E-state index in [-0.39, 0.29) is 5.41 Å². The van der Waals surface area contributed by atoms with Gasteiger partial charge in [-0.1, -0.05) is 18.4 Å². The smallest absolute Gasteiger partial charge is 0.155 e. The van der Waals surface area contributed by atoms with Crippen LogP contribution in [0.15, 0.2) is 11.6 Å². The minimum atomic E-state index is -0.902. The monoisotopic (exact) mass is 298 g/mol. The Kier molecular flexibility index (Phi) is 3.11. The first kappa shape index (κ1) is 14.5. The van der Waals surface area contributed by atoms with Gasteiger partial charge >= 0.3 is 0 Å². The fraction of sp³-hybridized carbons (Fsp3) is 0.750. The molecule has 22 heavy (non-hydrogen) atoms. The van der Waals surface area contributed by atoms with Crippen LogP contribution in [0, 0.1) is 41.4 Å². The van der Waals surface area contributed by atoms with Crippen LogP contribution in [-0.2, 0) is 4.79 Å². The maximum absolute atomic E-state index is 11.7. The predicted molar refractivity (Wildman–Crippen MR) is 85.9 cm³/mol. The number of fused-ring (bicyclic) bond motifs is 5. The topological polar surface area (TPSA) is 37.3 Å². The van der Waals surface area contributed by atoms with Gasteiger partial charge in [-0.25, -0.2) is 0 Å². The molecule has 0 bridgehead atoms.